The van der Waals surface area contributed by atoms with Gasteiger partial charge in [0, 0.05) is 27.1 Å². The largest absolute Gasteiger partial charge is 0.501 e. The smallest absolute Gasteiger partial charge is 0.399 e. The zero-order chi connectivity index (χ0) is 52.1. The second-order valence-electron chi connectivity index (χ2n) is 19.7. The summed E-state index contributed by atoms with van der Waals surface area (Å²) in [6.07, 6.45) is 3.20. The minimum Gasteiger partial charge on any atom is -0.399 e. The van der Waals surface area contributed by atoms with Crippen LogP contribution in [0.15, 0.2) is 179 Å². The van der Waals surface area contributed by atoms with Gasteiger partial charge in [-0.3, -0.25) is 30.3 Å². The molecule has 368 valence electrons. The van der Waals surface area contributed by atoms with Crippen LogP contribution in [0.4, 0.5) is 17.1 Å². The highest BCUT2D eigenvalue weighted by molar-refractivity contribution is 9.11. The standard InChI is InChI=1S/C30H20N2O4.C18H12Br2.C12H16BNO4/c33-31(34)29-11-5-3-9-25(29)23-13-14-24(26-10-4-6-12-30(26)32(35)36)28-18-22-16-20-8-2-1-7-19(20)15-21(22)17-27(23)28;19-17-5-6-18(20)16-10-14-8-12-4-2-1-3-11(12)7-13(14)9-15(16)17;1-11(2)12(3,4)18-13(17-11)9-7-5-6-8-10(9)14(15)16/h1-16H,17-18H2;1-8H,9-10H2;5-8H,1-4H3. The lowest BCUT2D eigenvalue weighted by Crippen LogP contribution is -2.41. The Morgan fingerprint density at radius 2 is 0.716 bits per heavy atom. The lowest BCUT2D eigenvalue weighted by atomic mass is 9.77. The Bertz CT molecular complexity index is 3540. The van der Waals surface area contributed by atoms with Crippen LogP contribution in [0.1, 0.15) is 72.2 Å². The predicted octanol–water partition coefficient (Wildman–Crippen LogP) is 15.2. The molecule has 9 aromatic rings. The second kappa shape index (κ2) is 20.2. The Kier molecular flexibility index (Phi) is 13.7. The molecule has 0 bridgehead atoms. The van der Waals surface area contributed by atoms with Gasteiger partial charge in [0.1, 0.15) is 0 Å². The number of hydrogen-bond acceptors (Lipinski definition) is 8. The molecule has 1 saturated heterocycles. The fourth-order valence-corrected chi connectivity index (χ4v) is 11.3. The topological polar surface area (TPSA) is 148 Å². The van der Waals surface area contributed by atoms with Crippen LogP contribution >= 0.6 is 31.9 Å². The van der Waals surface area contributed by atoms with E-state index in [1.54, 1.807) is 54.6 Å². The van der Waals surface area contributed by atoms with Crippen molar-refractivity contribution in [2.75, 3.05) is 0 Å². The van der Waals surface area contributed by atoms with E-state index >= 15 is 0 Å². The molecule has 0 N–H and O–H groups in total. The molecule has 14 heteroatoms. The molecule has 1 aliphatic heterocycles. The van der Waals surface area contributed by atoms with Crippen molar-refractivity contribution in [3.63, 3.8) is 0 Å². The maximum absolute atomic E-state index is 11.8. The number of para-hydroxylation sites is 3. The highest BCUT2D eigenvalue weighted by Gasteiger charge is 2.53. The van der Waals surface area contributed by atoms with Crippen molar-refractivity contribution in [2.24, 2.45) is 0 Å². The van der Waals surface area contributed by atoms with E-state index in [0.29, 0.717) is 29.4 Å². The SMILES string of the molecule is Brc1ccc(Br)c2c1Cc1cc3ccccc3cc1C2.CC1(C)OB(c2ccccc2[N+](=O)[O-])OC1(C)C.O=[N+]([O-])c1ccccc1-c1ccc(-c2ccccc2[N+](=O)[O-])c2c1Cc1cc3ccccc3cc1C2. The monoisotopic (exact) mass is 1110 g/mol. The molecule has 0 saturated carbocycles. The van der Waals surface area contributed by atoms with Gasteiger partial charge in [-0.2, -0.15) is 0 Å². The molecule has 74 heavy (non-hydrogen) atoms. The summed E-state index contributed by atoms with van der Waals surface area (Å²) < 4.78 is 14.1. The highest BCUT2D eigenvalue weighted by Crippen LogP contribution is 2.45. The third-order valence-electron chi connectivity index (χ3n) is 14.8. The summed E-state index contributed by atoms with van der Waals surface area (Å²) in [5.41, 5.74) is 12.3. The van der Waals surface area contributed by atoms with Crippen molar-refractivity contribution >= 4 is 83.0 Å². The number of rotatable bonds is 6. The zero-order valence-electron chi connectivity index (χ0n) is 40.9. The Morgan fingerprint density at radius 3 is 1.08 bits per heavy atom. The van der Waals surface area contributed by atoms with E-state index in [1.165, 1.54) is 71.3 Å². The summed E-state index contributed by atoms with van der Waals surface area (Å²) >= 11 is 7.39. The van der Waals surface area contributed by atoms with Crippen LogP contribution in [-0.2, 0) is 35.0 Å². The van der Waals surface area contributed by atoms with E-state index in [0.717, 1.165) is 45.9 Å². The molecule has 0 amide bonds. The molecule has 1 fully saturated rings. The molecular weight excluding hydrogens is 1060 g/mol. The van der Waals surface area contributed by atoms with Gasteiger partial charge in [-0.15, -0.1) is 0 Å². The van der Waals surface area contributed by atoms with Crippen molar-refractivity contribution in [1.29, 1.82) is 0 Å². The van der Waals surface area contributed by atoms with E-state index in [-0.39, 0.29) is 26.9 Å². The summed E-state index contributed by atoms with van der Waals surface area (Å²) in [6, 6.07) is 53.9. The molecule has 12 rings (SSSR count). The molecule has 0 aromatic heterocycles. The summed E-state index contributed by atoms with van der Waals surface area (Å²) in [7, 11) is -0.698. The summed E-state index contributed by atoms with van der Waals surface area (Å²) in [5, 5.41) is 39.6. The van der Waals surface area contributed by atoms with Gasteiger partial charge in [0.2, 0.25) is 0 Å². The van der Waals surface area contributed by atoms with Crippen molar-refractivity contribution in [3.05, 3.63) is 254 Å². The third kappa shape index (κ3) is 9.66. The first-order valence-electron chi connectivity index (χ1n) is 24.2. The van der Waals surface area contributed by atoms with Crippen LogP contribution in [0, 0.1) is 30.3 Å². The average Bonchev–Trinajstić information content (AvgIpc) is 3.62. The van der Waals surface area contributed by atoms with Gasteiger partial charge in [0.05, 0.1) is 42.6 Å². The van der Waals surface area contributed by atoms with Crippen molar-refractivity contribution in [3.8, 4) is 22.3 Å². The van der Waals surface area contributed by atoms with Crippen LogP contribution < -0.4 is 5.46 Å². The lowest BCUT2D eigenvalue weighted by Gasteiger charge is -2.32. The first kappa shape index (κ1) is 50.2. The minimum atomic E-state index is -0.698. The van der Waals surface area contributed by atoms with Gasteiger partial charge in [0.15, 0.2) is 0 Å². The number of nitrogens with zero attached hydrogens (tertiary/aromatic N) is 3. The molecule has 0 radical (unpaired) electrons. The average molecular weight is 1110 g/mol. The van der Waals surface area contributed by atoms with Gasteiger partial charge in [0.25, 0.3) is 17.1 Å². The van der Waals surface area contributed by atoms with Crippen LogP contribution in [-0.4, -0.2) is 33.1 Å². The van der Waals surface area contributed by atoms with E-state index in [2.05, 4.69) is 105 Å². The maximum atomic E-state index is 11.8. The van der Waals surface area contributed by atoms with Crippen LogP contribution in [0.3, 0.4) is 0 Å². The fraction of sp³-hybridized carbons (Fsp3) is 0.167. The van der Waals surface area contributed by atoms with E-state index in [9.17, 15) is 30.3 Å². The Hall–Kier alpha value is -7.36. The quantitative estimate of drug-likeness (QED) is 0.0908. The number of benzene rings is 9. The molecule has 11 nitrogen and oxygen atoms in total. The Morgan fingerprint density at radius 1 is 0.405 bits per heavy atom. The fourth-order valence-electron chi connectivity index (χ4n) is 10.3. The maximum Gasteiger partial charge on any atom is 0.501 e. The van der Waals surface area contributed by atoms with Crippen LogP contribution in [0.25, 0.3) is 43.8 Å². The summed E-state index contributed by atoms with van der Waals surface area (Å²) in [5.74, 6) is 0. The van der Waals surface area contributed by atoms with E-state index in [4.69, 9.17) is 9.31 Å². The van der Waals surface area contributed by atoms with Crippen LogP contribution in [0.2, 0.25) is 0 Å². The molecule has 0 unspecified atom stereocenters. The number of nitro benzene ring substituents is 3. The van der Waals surface area contributed by atoms with E-state index in [1.807, 2.05) is 52.0 Å². The molecule has 0 atom stereocenters. The summed E-state index contributed by atoms with van der Waals surface area (Å²) in [4.78, 5) is 33.6. The number of nitro groups is 3. The first-order valence-corrected chi connectivity index (χ1v) is 25.7. The zero-order valence-corrected chi connectivity index (χ0v) is 44.1. The molecule has 1 heterocycles. The normalized spacial score (nSPS) is 14.5. The third-order valence-corrected chi connectivity index (χ3v) is 16.3. The highest BCUT2D eigenvalue weighted by atomic mass is 79.9. The second-order valence-corrected chi connectivity index (χ2v) is 21.4. The molecule has 0 spiro atoms. The lowest BCUT2D eigenvalue weighted by molar-refractivity contribution is -0.384. The van der Waals surface area contributed by atoms with Crippen molar-refractivity contribution < 1.29 is 24.1 Å². The van der Waals surface area contributed by atoms with Crippen molar-refractivity contribution in [2.45, 2.75) is 64.6 Å². The van der Waals surface area contributed by atoms with Crippen LogP contribution in [0.5, 0.6) is 0 Å². The first-order chi connectivity index (χ1) is 35.5. The Labute approximate surface area is 445 Å². The van der Waals surface area contributed by atoms with Gasteiger partial charge in [-0.25, -0.2) is 0 Å². The van der Waals surface area contributed by atoms with Gasteiger partial charge >= 0.3 is 7.12 Å². The Balaban J connectivity index is 0.000000139. The van der Waals surface area contributed by atoms with Gasteiger partial charge in [-0.1, -0.05) is 159 Å². The minimum absolute atomic E-state index is 0.0241. The van der Waals surface area contributed by atoms with Crippen molar-refractivity contribution in [1.82, 2.24) is 0 Å². The summed E-state index contributed by atoms with van der Waals surface area (Å²) in [6.45, 7) is 7.67. The predicted molar refractivity (Wildman–Crippen MR) is 300 cm³/mol. The molecule has 9 aromatic carbocycles. The van der Waals surface area contributed by atoms with Gasteiger partial charge in [-0.05, 0) is 155 Å². The number of hydrogen-bond donors (Lipinski definition) is 0. The molecule has 2 aliphatic carbocycles. The van der Waals surface area contributed by atoms with E-state index < -0.39 is 23.2 Å². The number of fused-ring (bicyclic) bond motifs is 6. The number of halogens is 2. The molecule has 3 aliphatic rings. The molecular formula is C60H48BBr2N3O8. The van der Waals surface area contributed by atoms with Gasteiger partial charge < -0.3 is 9.31 Å².